The van der Waals surface area contributed by atoms with Crippen LogP contribution < -0.4 is 0 Å². The highest BCUT2D eigenvalue weighted by Crippen LogP contribution is 2.66. The van der Waals surface area contributed by atoms with Crippen molar-refractivity contribution in [3.8, 4) is 0 Å². The second-order valence-corrected chi connectivity index (χ2v) is 11.0. The molecule has 158 valence electrons. The van der Waals surface area contributed by atoms with E-state index in [1.165, 1.54) is 44.1 Å². The van der Waals surface area contributed by atoms with Crippen molar-refractivity contribution in [1.82, 2.24) is 0 Å². The van der Waals surface area contributed by atoms with Gasteiger partial charge in [-0.3, -0.25) is 0 Å². The monoisotopic (exact) mass is 396 g/mol. The molecule has 6 atom stereocenters. The van der Waals surface area contributed by atoms with E-state index in [2.05, 4.69) is 54.8 Å². The molecule has 0 bridgehead atoms. The Morgan fingerprint density at radius 3 is 2.83 bits per heavy atom. The maximum absolute atomic E-state index is 11.7. The number of hydrogen-bond acceptors (Lipinski definition) is 3. The van der Waals surface area contributed by atoms with Gasteiger partial charge in [-0.25, -0.2) is 4.79 Å². The van der Waals surface area contributed by atoms with Crippen LogP contribution in [0.3, 0.4) is 0 Å². The van der Waals surface area contributed by atoms with Gasteiger partial charge in [0.05, 0.1) is 5.41 Å². The molecule has 3 nitrogen and oxygen atoms in total. The zero-order valence-electron chi connectivity index (χ0n) is 18.4. The maximum atomic E-state index is 11.7. The first-order chi connectivity index (χ1) is 13.7. The first-order valence-electron chi connectivity index (χ1n) is 11.4. The highest BCUT2D eigenvalue weighted by atomic mass is 17.1. The van der Waals surface area contributed by atoms with E-state index in [1.807, 2.05) is 13.8 Å². The molecule has 0 aliphatic heterocycles. The number of hydrogen-bond donors (Lipinski definition) is 1. The van der Waals surface area contributed by atoms with Crippen molar-refractivity contribution in [2.45, 2.75) is 72.6 Å². The van der Waals surface area contributed by atoms with Gasteiger partial charge in [0, 0.05) is 5.41 Å². The standard InChI is InChI=1S/C26H36O3/c1-24(2,23(27)29-28)15-7-9-19-11-13-21-20-12-10-18-8-5-6-16-25(18,3)22(20)14-17-26(19,21)4/h5-7,9,16,19-22,28H,10-15,17H2,1-4H3/t19-,20-,21-,22-,25-,26+/m0/s1. The van der Waals surface area contributed by atoms with Gasteiger partial charge in [0.1, 0.15) is 0 Å². The van der Waals surface area contributed by atoms with E-state index in [1.54, 1.807) is 0 Å². The first-order valence-corrected chi connectivity index (χ1v) is 11.4. The number of carbonyl (C=O) groups excluding carboxylic acids is 1. The smallest absolute Gasteiger partial charge is 0.300 e. The Hall–Kier alpha value is -1.57. The fourth-order valence-electron chi connectivity index (χ4n) is 7.18. The highest BCUT2D eigenvalue weighted by Gasteiger charge is 2.57. The molecular weight excluding hydrogens is 360 g/mol. The average molecular weight is 397 g/mol. The lowest BCUT2D eigenvalue weighted by molar-refractivity contribution is -0.243. The molecule has 0 spiro atoms. The van der Waals surface area contributed by atoms with Gasteiger partial charge in [0.2, 0.25) is 0 Å². The number of fused-ring (bicyclic) bond motifs is 5. The van der Waals surface area contributed by atoms with Crippen LogP contribution in [0.25, 0.3) is 0 Å². The zero-order chi connectivity index (χ0) is 20.9. The summed E-state index contributed by atoms with van der Waals surface area (Å²) in [6.45, 7) is 8.61. The SMILES string of the molecule is CC(C)(CC=C[C@H]1CC[C@H]2[C@@H]3CCC4=C=CC=C[C@]4(C)[C@H]3CC[C@]12C)C(=O)OO. The molecule has 4 aliphatic rings. The second kappa shape index (κ2) is 7.29. The number of allylic oxidation sites excluding steroid dienone is 5. The second-order valence-electron chi connectivity index (χ2n) is 11.0. The summed E-state index contributed by atoms with van der Waals surface area (Å²) < 4.78 is 0. The third kappa shape index (κ3) is 3.27. The van der Waals surface area contributed by atoms with Crippen LogP contribution in [-0.4, -0.2) is 11.2 Å². The minimum absolute atomic E-state index is 0.210. The molecule has 1 N–H and O–H groups in total. The Labute approximate surface area is 175 Å². The summed E-state index contributed by atoms with van der Waals surface area (Å²) in [4.78, 5) is 15.7. The van der Waals surface area contributed by atoms with Crippen LogP contribution in [0.1, 0.15) is 72.6 Å². The van der Waals surface area contributed by atoms with Gasteiger partial charge >= 0.3 is 5.97 Å². The van der Waals surface area contributed by atoms with E-state index in [9.17, 15) is 4.79 Å². The van der Waals surface area contributed by atoms with E-state index < -0.39 is 11.4 Å². The van der Waals surface area contributed by atoms with Gasteiger partial charge in [0.25, 0.3) is 0 Å². The molecular formula is C26H36O3. The van der Waals surface area contributed by atoms with Crippen molar-refractivity contribution >= 4 is 5.97 Å². The number of rotatable bonds is 4. The summed E-state index contributed by atoms with van der Waals surface area (Å²) >= 11 is 0. The largest absolute Gasteiger partial charge is 0.347 e. The van der Waals surface area contributed by atoms with Crippen LogP contribution in [0.2, 0.25) is 0 Å². The maximum Gasteiger partial charge on any atom is 0.347 e. The third-order valence-corrected chi connectivity index (χ3v) is 9.09. The lowest BCUT2D eigenvalue weighted by Gasteiger charge is -2.56. The predicted octanol–water partition coefficient (Wildman–Crippen LogP) is 6.49. The summed E-state index contributed by atoms with van der Waals surface area (Å²) in [5.41, 5.74) is 4.98. The molecule has 3 saturated carbocycles. The third-order valence-electron chi connectivity index (χ3n) is 9.09. The Balaban J connectivity index is 1.50. The molecule has 3 fully saturated rings. The lowest BCUT2D eigenvalue weighted by Crippen LogP contribution is -2.48. The average Bonchev–Trinajstić information content (AvgIpc) is 3.03. The normalized spacial score (nSPS) is 40.9. The molecule has 0 amide bonds. The van der Waals surface area contributed by atoms with Crippen molar-refractivity contribution in [2.75, 3.05) is 0 Å². The highest BCUT2D eigenvalue weighted by molar-refractivity contribution is 5.75. The van der Waals surface area contributed by atoms with Gasteiger partial charge < -0.3 is 4.89 Å². The molecule has 0 saturated heterocycles. The summed E-state index contributed by atoms with van der Waals surface area (Å²) in [6, 6.07) is 0. The van der Waals surface area contributed by atoms with Crippen LogP contribution in [0, 0.1) is 39.9 Å². The van der Waals surface area contributed by atoms with E-state index in [0.717, 1.165) is 17.8 Å². The molecule has 3 heteroatoms. The quantitative estimate of drug-likeness (QED) is 0.256. The molecule has 0 aromatic heterocycles. The fourth-order valence-corrected chi connectivity index (χ4v) is 7.18. The summed E-state index contributed by atoms with van der Waals surface area (Å²) in [7, 11) is 0. The molecule has 4 aliphatic carbocycles. The molecule has 0 radical (unpaired) electrons. The van der Waals surface area contributed by atoms with Crippen molar-refractivity contribution < 1.29 is 14.9 Å². The van der Waals surface area contributed by atoms with Crippen molar-refractivity contribution in [1.29, 1.82) is 0 Å². The molecule has 4 rings (SSSR count). The zero-order valence-corrected chi connectivity index (χ0v) is 18.4. The Morgan fingerprint density at radius 1 is 1.28 bits per heavy atom. The van der Waals surface area contributed by atoms with Crippen LogP contribution in [0.4, 0.5) is 0 Å². The van der Waals surface area contributed by atoms with Gasteiger partial charge in [-0.1, -0.05) is 38.2 Å². The van der Waals surface area contributed by atoms with Gasteiger partial charge in [-0.2, -0.15) is 5.26 Å². The molecule has 0 heterocycles. The van der Waals surface area contributed by atoms with E-state index in [4.69, 9.17) is 5.26 Å². The minimum Gasteiger partial charge on any atom is -0.300 e. The number of carbonyl (C=O) groups is 1. The van der Waals surface area contributed by atoms with Gasteiger partial charge in [-0.15, -0.1) is 5.73 Å². The van der Waals surface area contributed by atoms with Crippen LogP contribution in [-0.2, 0) is 9.68 Å². The van der Waals surface area contributed by atoms with E-state index in [0.29, 0.717) is 17.8 Å². The lowest BCUT2D eigenvalue weighted by atomic mass is 9.48. The van der Waals surface area contributed by atoms with Crippen molar-refractivity contribution in [3.63, 3.8) is 0 Å². The van der Waals surface area contributed by atoms with E-state index in [-0.39, 0.29) is 5.41 Å². The topological polar surface area (TPSA) is 46.5 Å². The summed E-state index contributed by atoms with van der Waals surface area (Å²) in [5.74, 6) is 2.38. The molecule has 0 aromatic carbocycles. The molecule has 29 heavy (non-hydrogen) atoms. The summed E-state index contributed by atoms with van der Waals surface area (Å²) in [6.07, 6.45) is 19.5. The Kier molecular flexibility index (Phi) is 5.20. The molecule has 0 aromatic rings. The van der Waals surface area contributed by atoms with Gasteiger partial charge in [-0.05, 0) is 99.5 Å². The predicted molar refractivity (Wildman–Crippen MR) is 115 cm³/mol. The van der Waals surface area contributed by atoms with Crippen LogP contribution in [0.15, 0.2) is 41.7 Å². The fraction of sp³-hybridized carbons (Fsp3) is 0.692. The summed E-state index contributed by atoms with van der Waals surface area (Å²) in [5, 5.41) is 8.70. The van der Waals surface area contributed by atoms with Crippen molar-refractivity contribution in [2.24, 2.45) is 39.9 Å². The van der Waals surface area contributed by atoms with E-state index >= 15 is 0 Å². The van der Waals surface area contributed by atoms with Gasteiger partial charge in [0.15, 0.2) is 0 Å². The molecule has 0 unspecified atom stereocenters. The van der Waals surface area contributed by atoms with Crippen LogP contribution >= 0.6 is 0 Å². The Morgan fingerprint density at radius 2 is 2.07 bits per heavy atom. The first kappa shape index (κ1) is 20.7. The van der Waals surface area contributed by atoms with Crippen molar-refractivity contribution in [3.05, 3.63) is 41.7 Å². The Bertz CT molecular complexity index is 797. The minimum atomic E-state index is -0.691. The van der Waals surface area contributed by atoms with Crippen LogP contribution in [0.5, 0.6) is 0 Å².